The summed E-state index contributed by atoms with van der Waals surface area (Å²) in [4.78, 5) is 4.10. The monoisotopic (exact) mass is 282 g/mol. The summed E-state index contributed by atoms with van der Waals surface area (Å²) in [5, 5.41) is 0. The highest BCUT2D eigenvalue weighted by Crippen LogP contribution is 2.60. The van der Waals surface area contributed by atoms with Crippen molar-refractivity contribution in [2.75, 3.05) is 12.0 Å². The Labute approximate surface area is 112 Å². The number of hydrogen-bond donors (Lipinski definition) is 3. The molecule has 2 saturated carbocycles. The van der Waals surface area contributed by atoms with Crippen LogP contribution in [-0.2, 0) is 10.0 Å². The number of nitrogens with two attached hydrogens (primary N) is 1. The van der Waals surface area contributed by atoms with Crippen molar-refractivity contribution in [1.29, 1.82) is 0 Å². The van der Waals surface area contributed by atoms with Crippen molar-refractivity contribution in [3.05, 3.63) is 18.3 Å². The van der Waals surface area contributed by atoms with Gasteiger partial charge in [-0.05, 0) is 43.1 Å². The molecule has 0 aliphatic heterocycles. The first-order valence-corrected chi connectivity index (χ1v) is 7.96. The molecule has 3 rings (SSSR count). The largest absolute Gasteiger partial charge is 0.308 e. The van der Waals surface area contributed by atoms with Crippen molar-refractivity contribution in [1.82, 2.24) is 9.71 Å². The van der Waals surface area contributed by atoms with E-state index in [0.29, 0.717) is 12.4 Å². The van der Waals surface area contributed by atoms with Crippen LogP contribution >= 0.6 is 0 Å². The Morgan fingerprint density at radius 1 is 1.42 bits per heavy atom. The summed E-state index contributed by atoms with van der Waals surface area (Å²) >= 11 is 0. The zero-order chi connectivity index (χ0) is 13.5. The van der Waals surface area contributed by atoms with E-state index in [4.69, 9.17) is 5.84 Å². The number of nitrogen functional groups attached to an aromatic ring is 1. The molecule has 1 heterocycles. The normalized spacial score (nSPS) is 21.1. The standard InChI is InChI=1S/C12H18N4O2S/c13-16-11-7-10(3-6-14-11)19(17,18)15-8-12(4-5-12)9-1-2-9/h3,6-7,9,15H,1-2,4-5,8,13H2,(H,14,16). The van der Waals surface area contributed by atoms with Crippen molar-refractivity contribution < 1.29 is 8.42 Å². The Hall–Kier alpha value is -1.18. The van der Waals surface area contributed by atoms with Gasteiger partial charge in [-0.2, -0.15) is 0 Å². The molecule has 0 aromatic carbocycles. The maximum Gasteiger partial charge on any atom is 0.240 e. The molecular formula is C12H18N4O2S. The second-order valence-corrected chi connectivity index (χ2v) is 7.25. The summed E-state index contributed by atoms with van der Waals surface area (Å²) < 4.78 is 27.1. The Balaban J connectivity index is 1.71. The van der Waals surface area contributed by atoms with Gasteiger partial charge in [0.1, 0.15) is 5.82 Å². The number of aromatic nitrogens is 1. The average molecular weight is 282 g/mol. The molecule has 6 nitrogen and oxygen atoms in total. The highest BCUT2D eigenvalue weighted by Gasteiger charge is 2.53. The van der Waals surface area contributed by atoms with E-state index >= 15 is 0 Å². The van der Waals surface area contributed by atoms with E-state index in [1.807, 2.05) is 0 Å². The topological polar surface area (TPSA) is 97.1 Å². The van der Waals surface area contributed by atoms with Crippen LogP contribution in [0.1, 0.15) is 25.7 Å². The SMILES string of the molecule is NNc1cc(S(=O)(=O)NCC2(C3CC3)CC2)ccn1. The van der Waals surface area contributed by atoms with Gasteiger partial charge in [0.2, 0.25) is 10.0 Å². The second-order valence-electron chi connectivity index (χ2n) is 5.48. The van der Waals surface area contributed by atoms with Crippen LogP contribution in [0.2, 0.25) is 0 Å². The fraction of sp³-hybridized carbons (Fsp3) is 0.583. The van der Waals surface area contributed by atoms with Crippen molar-refractivity contribution in [3.8, 4) is 0 Å². The average Bonchev–Trinajstić information content (AvgIpc) is 3.29. The number of hydrazine groups is 1. The summed E-state index contributed by atoms with van der Waals surface area (Å²) in [5.74, 6) is 6.31. The van der Waals surface area contributed by atoms with Crippen molar-refractivity contribution >= 4 is 15.8 Å². The molecule has 1 aromatic rings. The highest BCUT2D eigenvalue weighted by molar-refractivity contribution is 7.89. The van der Waals surface area contributed by atoms with Crippen LogP contribution in [0, 0.1) is 11.3 Å². The number of nitrogens with one attached hydrogen (secondary N) is 2. The minimum Gasteiger partial charge on any atom is -0.308 e. The van der Waals surface area contributed by atoms with E-state index in [0.717, 1.165) is 18.8 Å². The Bertz CT molecular complexity index is 579. The first kappa shape index (κ1) is 12.8. The third kappa shape index (κ3) is 2.58. The van der Waals surface area contributed by atoms with Crippen molar-refractivity contribution in [2.45, 2.75) is 30.6 Å². The summed E-state index contributed by atoms with van der Waals surface area (Å²) in [6.45, 7) is 0.549. The number of pyridine rings is 1. The van der Waals surface area contributed by atoms with Gasteiger partial charge in [0.15, 0.2) is 0 Å². The first-order valence-electron chi connectivity index (χ1n) is 6.48. The number of sulfonamides is 1. The summed E-state index contributed by atoms with van der Waals surface area (Å²) in [6.07, 6.45) is 6.21. The smallest absolute Gasteiger partial charge is 0.240 e. The lowest BCUT2D eigenvalue weighted by Crippen LogP contribution is -2.31. The molecule has 0 spiro atoms. The van der Waals surface area contributed by atoms with Gasteiger partial charge in [0.25, 0.3) is 0 Å². The predicted octanol–water partition coefficient (Wildman–Crippen LogP) is 0.836. The van der Waals surface area contributed by atoms with E-state index in [1.54, 1.807) is 0 Å². The van der Waals surface area contributed by atoms with E-state index in [1.165, 1.54) is 31.2 Å². The summed E-state index contributed by atoms with van der Waals surface area (Å²) in [5.41, 5.74) is 2.59. The van der Waals surface area contributed by atoms with Crippen LogP contribution in [0.4, 0.5) is 5.82 Å². The van der Waals surface area contributed by atoms with Crippen molar-refractivity contribution in [3.63, 3.8) is 0 Å². The lowest BCUT2D eigenvalue weighted by atomic mass is 10.0. The molecule has 104 valence electrons. The van der Waals surface area contributed by atoms with Gasteiger partial charge in [-0.3, -0.25) is 0 Å². The van der Waals surface area contributed by atoms with Crippen LogP contribution in [0.5, 0.6) is 0 Å². The van der Waals surface area contributed by atoms with Crippen LogP contribution in [-0.4, -0.2) is 19.9 Å². The third-order valence-corrected chi connectivity index (χ3v) is 5.54. The maximum atomic E-state index is 12.2. The predicted molar refractivity (Wildman–Crippen MR) is 71.6 cm³/mol. The molecular weight excluding hydrogens is 264 g/mol. The highest BCUT2D eigenvalue weighted by atomic mass is 32.2. The fourth-order valence-corrected chi connectivity index (χ4v) is 3.72. The minimum absolute atomic E-state index is 0.196. The van der Waals surface area contributed by atoms with Gasteiger partial charge < -0.3 is 5.43 Å². The summed E-state index contributed by atoms with van der Waals surface area (Å²) in [6, 6.07) is 2.90. The van der Waals surface area contributed by atoms with Crippen LogP contribution in [0.15, 0.2) is 23.2 Å². The van der Waals surface area contributed by atoms with Gasteiger partial charge in [0, 0.05) is 18.8 Å². The molecule has 2 aliphatic rings. The lowest BCUT2D eigenvalue weighted by molar-refractivity contribution is 0.432. The molecule has 0 amide bonds. The molecule has 0 saturated heterocycles. The van der Waals surface area contributed by atoms with E-state index in [9.17, 15) is 8.42 Å². The third-order valence-electron chi connectivity index (χ3n) is 4.14. The van der Waals surface area contributed by atoms with E-state index < -0.39 is 10.0 Å². The number of rotatable bonds is 6. The molecule has 19 heavy (non-hydrogen) atoms. The Morgan fingerprint density at radius 3 is 2.74 bits per heavy atom. The van der Waals surface area contributed by atoms with Gasteiger partial charge >= 0.3 is 0 Å². The van der Waals surface area contributed by atoms with Gasteiger partial charge in [-0.1, -0.05) is 0 Å². The molecule has 0 unspecified atom stereocenters. The molecule has 1 aromatic heterocycles. The Morgan fingerprint density at radius 2 is 2.16 bits per heavy atom. The second kappa shape index (κ2) is 4.43. The minimum atomic E-state index is -3.48. The zero-order valence-electron chi connectivity index (χ0n) is 10.6. The molecule has 0 bridgehead atoms. The molecule has 2 fully saturated rings. The molecule has 0 radical (unpaired) electrons. The van der Waals surface area contributed by atoms with Gasteiger partial charge in [-0.25, -0.2) is 24.0 Å². The number of hydrogen-bond acceptors (Lipinski definition) is 5. The summed E-state index contributed by atoms with van der Waals surface area (Å²) in [7, 11) is -3.48. The molecule has 0 atom stereocenters. The molecule has 2 aliphatic carbocycles. The molecule has 4 N–H and O–H groups in total. The fourth-order valence-electron chi connectivity index (χ4n) is 2.56. The van der Waals surface area contributed by atoms with Crippen LogP contribution in [0.3, 0.4) is 0 Å². The van der Waals surface area contributed by atoms with E-state index in [-0.39, 0.29) is 10.3 Å². The van der Waals surface area contributed by atoms with Crippen LogP contribution < -0.4 is 16.0 Å². The molecule has 7 heteroatoms. The zero-order valence-corrected chi connectivity index (χ0v) is 11.4. The number of nitrogens with zero attached hydrogens (tertiary/aromatic N) is 1. The van der Waals surface area contributed by atoms with Gasteiger partial charge in [-0.15, -0.1) is 0 Å². The number of anilines is 1. The van der Waals surface area contributed by atoms with E-state index in [2.05, 4.69) is 15.1 Å². The Kier molecular flexibility index (Phi) is 2.99. The van der Waals surface area contributed by atoms with Crippen molar-refractivity contribution in [2.24, 2.45) is 17.2 Å². The lowest BCUT2D eigenvalue weighted by Gasteiger charge is -2.15. The quantitative estimate of drug-likeness (QED) is 0.530. The van der Waals surface area contributed by atoms with Gasteiger partial charge in [0.05, 0.1) is 4.90 Å². The first-order chi connectivity index (χ1) is 9.06. The maximum absolute atomic E-state index is 12.2. The van der Waals surface area contributed by atoms with Crippen LogP contribution in [0.25, 0.3) is 0 Å².